The molecule has 156 valence electrons. The summed E-state index contributed by atoms with van der Waals surface area (Å²) >= 11 is 0. The van der Waals surface area contributed by atoms with E-state index < -0.39 is 0 Å². The summed E-state index contributed by atoms with van der Waals surface area (Å²) in [7, 11) is 0. The second kappa shape index (κ2) is 8.00. The fraction of sp³-hybridized carbons (Fsp3) is 0.231. The Kier molecular flexibility index (Phi) is 5.04. The number of nitrogens with one attached hydrogen (secondary N) is 1. The van der Waals surface area contributed by atoms with E-state index in [9.17, 15) is 5.11 Å². The van der Waals surface area contributed by atoms with Gasteiger partial charge in [-0.3, -0.25) is 4.98 Å². The summed E-state index contributed by atoms with van der Waals surface area (Å²) in [6.45, 7) is 6.55. The van der Waals surface area contributed by atoms with E-state index in [4.69, 9.17) is 9.97 Å². The summed E-state index contributed by atoms with van der Waals surface area (Å²) in [6, 6.07) is 21.0. The third kappa shape index (κ3) is 3.73. The van der Waals surface area contributed by atoms with Gasteiger partial charge < -0.3 is 15.3 Å². The Balaban J connectivity index is 1.55. The van der Waals surface area contributed by atoms with Gasteiger partial charge in [-0.25, -0.2) is 4.98 Å². The van der Waals surface area contributed by atoms with Crippen LogP contribution in [0.25, 0.3) is 22.2 Å². The highest BCUT2D eigenvalue weighted by molar-refractivity contribution is 5.83. The molecule has 1 saturated heterocycles. The second-order valence-corrected chi connectivity index (χ2v) is 8.21. The van der Waals surface area contributed by atoms with Crippen molar-refractivity contribution in [3.8, 4) is 16.9 Å². The molecule has 5 rings (SSSR count). The smallest absolute Gasteiger partial charge is 0.148 e. The van der Waals surface area contributed by atoms with Gasteiger partial charge in [0.05, 0.1) is 23.3 Å². The van der Waals surface area contributed by atoms with Crippen LogP contribution in [0.1, 0.15) is 22.7 Å². The molecule has 0 saturated carbocycles. The molecule has 5 heteroatoms. The van der Waals surface area contributed by atoms with Gasteiger partial charge in [0.2, 0.25) is 0 Å². The lowest BCUT2D eigenvalue weighted by atomic mass is 9.99. The largest absolute Gasteiger partial charge is 0.507 e. The van der Waals surface area contributed by atoms with E-state index in [0.717, 1.165) is 58.7 Å². The highest BCUT2D eigenvalue weighted by Crippen LogP contribution is 2.32. The number of phenols is 1. The molecule has 1 atom stereocenters. The van der Waals surface area contributed by atoms with E-state index >= 15 is 0 Å². The molecule has 1 aliphatic heterocycles. The van der Waals surface area contributed by atoms with Gasteiger partial charge in [-0.05, 0) is 65.9 Å². The standard InChI is InChI=1S/C26H26N4O/c1-17-12-21(13-18(2)26(17)31)20-8-9-22-23(14-20)29-25(16-28-22)30-11-10-27-15-24(30)19-6-4-3-5-7-19/h3-9,12-14,16,24,27,31H,10-11,15H2,1-2H3. The zero-order valence-corrected chi connectivity index (χ0v) is 17.8. The number of aryl methyl sites for hydroxylation is 2. The quantitative estimate of drug-likeness (QED) is 0.509. The average Bonchev–Trinajstić information content (AvgIpc) is 2.82. The normalized spacial score (nSPS) is 16.6. The van der Waals surface area contributed by atoms with Crippen molar-refractivity contribution in [3.63, 3.8) is 0 Å². The number of fused-ring (bicyclic) bond motifs is 1. The Hall–Kier alpha value is -3.44. The highest BCUT2D eigenvalue weighted by atomic mass is 16.3. The van der Waals surface area contributed by atoms with Gasteiger partial charge >= 0.3 is 0 Å². The topological polar surface area (TPSA) is 61.3 Å². The predicted molar refractivity (Wildman–Crippen MR) is 126 cm³/mol. The van der Waals surface area contributed by atoms with Gasteiger partial charge in [-0.15, -0.1) is 0 Å². The number of aromatic hydroxyl groups is 1. The molecular weight excluding hydrogens is 384 g/mol. The molecule has 1 fully saturated rings. The molecule has 0 aliphatic carbocycles. The van der Waals surface area contributed by atoms with Crippen LogP contribution in [-0.2, 0) is 0 Å². The Morgan fingerprint density at radius 3 is 2.48 bits per heavy atom. The fourth-order valence-corrected chi connectivity index (χ4v) is 4.39. The summed E-state index contributed by atoms with van der Waals surface area (Å²) < 4.78 is 0. The van der Waals surface area contributed by atoms with E-state index in [1.165, 1.54) is 5.56 Å². The van der Waals surface area contributed by atoms with Gasteiger partial charge in [0, 0.05) is 19.6 Å². The lowest BCUT2D eigenvalue weighted by molar-refractivity contribution is 0.467. The Morgan fingerprint density at radius 1 is 0.935 bits per heavy atom. The maximum absolute atomic E-state index is 10.1. The average molecular weight is 411 g/mol. The number of aromatic nitrogens is 2. The van der Waals surface area contributed by atoms with Crippen LogP contribution in [0, 0.1) is 13.8 Å². The van der Waals surface area contributed by atoms with Crippen LogP contribution in [0.3, 0.4) is 0 Å². The third-order valence-corrected chi connectivity index (χ3v) is 6.08. The summed E-state index contributed by atoms with van der Waals surface area (Å²) in [6.07, 6.45) is 1.89. The number of hydrogen-bond donors (Lipinski definition) is 2. The predicted octanol–water partition coefficient (Wildman–Crippen LogP) is 4.77. The van der Waals surface area contributed by atoms with E-state index in [-0.39, 0.29) is 6.04 Å². The molecule has 4 aromatic rings. The Labute approximate surface area is 182 Å². The van der Waals surface area contributed by atoms with Gasteiger partial charge in [0.1, 0.15) is 11.6 Å². The minimum Gasteiger partial charge on any atom is -0.507 e. The molecule has 3 aromatic carbocycles. The number of anilines is 1. The minimum absolute atomic E-state index is 0.229. The summed E-state index contributed by atoms with van der Waals surface area (Å²) in [5.41, 5.74) is 6.94. The summed E-state index contributed by atoms with van der Waals surface area (Å²) in [4.78, 5) is 12.1. The van der Waals surface area contributed by atoms with Crippen LogP contribution in [0.15, 0.2) is 66.9 Å². The minimum atomic E-state index is 0.229. The summed E-state index contributed by atoms with van der Waals surface area (Å²) in [5, 5.41) is 13.6. The first-order valence-corrected chi connectivity index (χ1v) is 10.7. The molecule has 2 heterocycles. The first-order valence-electron chi connectivity index (χ1n) is 10.7. The zero-order chi connectivity index (χ0) is 21.4. The third-order valence-electron chi connectivity index (χ3n) is 6.08. The molecule has 1 aliphatic rings. The van der Waals surface area contributed by atoms with E-state index in [1.54, 1.807) is 0 Å². The SMILES string of the molecule is Cc1cc(-c2ccc3ncc(N4CCNCC4c4ccccc4)nc3c2)cc(C)c1O. The number of nitrogens with zero attached hydrogens (tertiary/aromatic N) is 3. The maximum atomic E-state index is 10.1. The number of phenolic OH excluding ortho intramolecular Hbond substituents is 1. The highest BCUT2D eigenvalue weighted by Gasteiger charge is 2.25. The molecule has 1 aromatic heterocycles. The molecule has 2 N–H and O–H groups in total. The van der Waals surface area contributed by atoms with E-state index in [0.29, 0.717) is 5.75 Å². The van der Waals surface area contributed by atoms with E-state index in [1.807, 2.05) is 44.3 Å². The zero-order valence-electron chi connectivity index (χ0n) is 17.8. The van der Waals surface area contributed by atoms with Crippen molar-refractivity contribution in [1.82, 2.24) is 15.3 Å². The van der Waals surface area contributed by atoms with Crippen molar-refractivity contribution in [1.29, 1.82) is 0 Å². The van der Waals surface area contributed by atoms with Crippen LogP contribution in [0.2, 0.25) is 0 Å². The first kappa shape index (κ1) is 19.5. The van der Waals surface area contributed by atoms with Crippen LogP contribution < -0.4 is 10.2 Å². The Bertz CT molecular complexity index is 1220. The van der Waals surface area contributed by atoms with Gasteiger partial charge in [0.15, 0.2) is 0 Å². The fourth-order valence-electron chi connectivity index (χ4n) is 4.39. The van der Waals surface area contributed by atoms with Crippen molar-refractivity contribution in [2.45, 2.75) is 19.9 Å². The van der Waals surface area contributed by atoms with Crippen LogP contribution in [-0.4, -0.2) is 34.7 Å². The van der Waals surface area contributed by atoms with Gasteiger partial charge in [-0.2, -0.15) is 0 Å². The van der Waals surface area contributed by atoms with E-state index in [2.05, 4.69) is 46.6 Å². The lowest BCUT2D eigenvalue weighted by Crippen LogP contribution is -2.46. The van der Waals surface area contributed by atoms with Crippen molar-refractivity contribution in [2.75, 3.05) is 24.5 Å². The van der Waals surface area contributed by atoms with Gasteiger partial charge in [0.25, 0.3) is 0 Å². The number of benzene rings is 3. The first-order chi connectivity index (χ1) is 15.1. The van der Waals surface area contributed by atoms with Crippen molar-refractivity contribution in [2.24, 2.45) is 0 Å². The molecule has 0 spiro atoms. The molecular formula is C26H26N4O. The maximum Gasteiger partial charge on any atom is 0.148 e. The number of piperazine rings is 1. The Morgan fingerprint density at radius 2 is 1.71 bits per heavy atom. The van der Waals surface area contributed by atoms with Crippen LogP contribution >= 0.6 is 0 Å². The molecule has 31 heavy (non-hydrogen) atoms. The van der Waals surface area contributed by atoms with Gasteiger partial charge in [-0.1, -0.05) is 36.4 Å². The second-order valence-electron chi connectivity index (χ2n) is 8.21. The molecule has 0 bridgehead atoms. The van der Waals surface area contributed by atoms with Crippen molar-refractivity contribution in [3.05, 3.63) is 83.6 Å². The van der Waals surface area contributed by atoms with Crippen LogP contribution in [0.4, 0.5) is 5.82 Å². The molecule has 0 amide bonds. The molecule has 5 nitrogen and oxygen atoms in total. The van der Waals surface area contributed by atoms with Crippen molar-refractivity contribution < 1.29 is 5.11 Å². The number of hydrogen-bond acceptors (Lipinski definition) is 5. The lowest BCUT2D eigenvalue weighted by Gasteiger charge is -2.37. The monoisotopic (exact) mass is 410 g/mol. The number of rotatable bonds is 3. The summed E-state index contributed by atoms with van der Waals surface area (Å²) in [5.74, 6) is 1.26. The van der Waals surface area contributed by atoms with Crippen LogP contribution in [0.5, 0.6) is 5.75 Å². The van der Waals surface area contributed by atoms with Crippen molar-refractivity contribution >= 4 is 16.9 Å². The molecule has 1 unspecified atom stereocenters. The molecule has 0 radical (unpaired) electrons.